The predicted octanol–water partition coefficient (Wildman–Crippen LogP) is 3.94. The van der Waals surface area contributed by atoms with Gasteiger partial charge in [-0.15, -0.1) is 0 Å². The first kappa shape index (κ1) is 21.6. The first-order chi connectivity index (χ1) is 12.8. The van der Waals surface area contributed by atoms with Crippen molar-refractivity contribution in [3.63, 3.8) is 0 Å². The zero-order valence-electron chi connectivity index (χ0n) is 14.1. The molecule has 6 nitrogen and oxygen atoms in total. The number of sulfonamides is 1. The number of hydrogen-bond donors (Lipinski definition) is 1. The Morgan fingerprint density at radius 1 is 0.893 bits per heavy atom. The largest absolute Gasteiger partial charge is 0.481 e. The molecule has 0 atom stereocenters. The molecule has 2 rings (SSSR count). The lowest BCUT2D eigenvalue weighted by atomic mass is 10.1. The van der Waals surface area contributed by atoms with E-state index in [1.54, 1.807) is 0 Å². The third-order valence-corrected chi connectivity index (χ3v) is 4.70. The Morgan fingerprint density at radius 3 is 1.86 bits per heavy atom. The molecule has 0 saturated heterocycles. The van der Waals surface area contributed by atoms with E-state index in [9.17, 15) is 34.8 Å². The van der Waals surface area contributed by atoms with Gasteiger partial charge in [-0.2, -0.15) is 31.3 Å². The molecule has 0 spiro atoms. The fraction of sp³-hybridized carbons (Fsp3) is 0.267. The van der Waals surface area contributed by atoms with Crippen LogP contribution in [0.4, 0.5) is 32.0 Å². The minimum Gasteiger partial charge on any atom is -0.481 e. The molecule has 13 heteroatoms. The fourth-order valence-corrected chi connectivity index (χ4v) is 3.18. The minimum atomic E-state index is -5.19. The van der Waals surface area contributed by atoms with E-state index >= 15 is 0 Å². The molecular formula is C15H12F6N2O4S. The van der Waals surface area contributed by atoms with E-state index in [4.69, 9.17) is 9.47 Å². The second-order valence-corrected chi connectivity index (χ2v) is 6.94. The van der Waals surface area contributed by atoms with Crippen LogP contribution in [0, 0.1) is 0 Å². The maximum absolute atomic E-state index is 12.9. The van der Waals surface area contributed by atoms with Gasteiger partial charge in [0.25, 0.3) is 10.0 Å². The molecule has 0 unspecified atom stereocenters. The van der Waals surface area contributed by atoms with Crippen molar-refractivity contribution in [2.45, 2.75) is 17.2 Å². The Balaban J connectivity index is 2.57. The maximum atomic E-state index is 12.9. The number of ether oxygens (including phenoxy) is 2. The molecule has 0 saturated carbocycles. The van der Waals surface area contributed by atoms with Gasteiger partial charge in [0, 0.05) is 6.07 Å². The van der Waals surface area contributed by atoms with Crippen molar-refractivity contribution < 1.29 is 44.2 Å². The average Bonchev–Trinajstić information content (AvgIpc) is 2.60. The highest BCUT2D eigenvalue weighted by molar-refractivity contribution is 7.92. The number of benzene rings is 1. The summed E-state index contributed by atoms with van der Waals surface area (Å²) in [4.78, 5) is 2.54. The van der Waals surface area contributed by atoms with E-state index in [2.05, 4.69) is 4.98 Å². The number of aromatic nitrogens is 1. The second kappa shape index (κ2) is 7.37. The van der Waals surface area contributed by atoms with Crippen LogP contribution in [0.2, 0.25) is 0 Å². The molecular weight excluding hydrogens is 418 g/mol. The van der Waals surface area contributed by atoms with Gasteiger partial charge < -0.3 is 9.47 Å². The molecule has 2 aromatic rings. The van der Waals surface area contributed by atoms with Crippen LogP contribution in [-0.2, 0) is 22.4 Å². The number of rotatable bonds is 5. The first-order valence-electron chi connectivity index (χ1n) is 7.19. The number of halogens is 6. The second-order valence-electron chi connectivity index (χ2n) is 5.26. The number of hydrogen-bond acceptors (Lipinski definition) is 5. The zero-order chi connectivity index (χ0) is 21.3. The summed E-state index contributed by atoms with van der Waals surface area (Å²) in [6.45, 7) is 0. The average molecular weight is 430 g/mol. The molecule has 0 bridgehead atoms. The summed E-state index contributed by atoms with van der Waals surface area (Å²) < 4.78 is 114. The van der Waals surface area contributed by atoms with Gasteiger partial charge in [0.1, 0.15) is 5.69 Å². The number of anilines is 1. The third kappa shape index (κ3) is 4.77. The van der Waals surface area contributed by atoms with E-state index < -0.39 is 38.4 Å². The van der Waals surface area contributed by atoms with Crippen molar-refractivity contribution in [1.29, 1.82) is 0 Å². The summed E-state index contributed by atoms with van der Waals surface area (Å²) in [5.41, 5.74) is -3.83. The van der Waals surface area contributed by atoms with Crippen LogP contribution in [0.1, 0.15) is 11.1 Å². The van der Waals surface area contributed by atoms with Crippen molar-refractivity contribution in [2.24, 2.45) is 0 Å². The van der Waals surface area contributed by atoms with Crippen molar-refractivity contribution >= 4 is 15.7 Å². The topological polar surface area (TPSA) is 77.5 Å². The first-order valence-corrected chi connectivity index (χ1v) is 8.67. The number of alkyl halides is 6. The number of nitrogens with one attached hydrogen (secondary N) is 1. The summed E-state index contributed by atoms with van der Waals surface area (Å²) in [5, 5.41) is 0. The normalized spacial score (nSPS) is 12.6. The van der Waals surface area contributed by atoms with Gasteiger partial charge >= 0.3 is 12.4 Å². The molecule has 0 aliphatic heterocycles. The summed E-state index contributed by atoms with van der Waals surface area (Å²) >= 11 is 0. The molecule has 0 amide bonds. The molecule has 1 N–H and O–H groups in total. The molecule has 1 aromatic heterocycles. The standard InChI is InChI=1S/C15H12F6N2O4S/c1-26-12-4-3-11(13(22-12)27-2)23-28(24,25)10-6-8(14(16,17)18)5-9(7-10)15(19,20)21/h3-7,23H,1-2H3. The molecule has 1 aromatic carbocycles. The van der Waals surface area contributed by atoms with Gasteiger partial charge in [0.15, 0.2) is 0 Å². The van der Waals surface area contributed by atoms with Gasteiger partial charge in [-0.05, 0) is 24.3 Å². The molecule has 0 fully saturated rings. The fourth-order valence-electron chi connectivity index (χ4n) is 2.06. The SMILES string of the molecule is COc1ccc(NS(=O)(=O)c2cc(C(F)(F)F)cc(C(F)(F)F)c2)c(OC)n1. The predicted molar refractivity (Wildman–Crippen MR) is 84.6 cm³/mol. The third-order valence-electron chi connectivity index (χ3n) is 3.35. The van der Waals surface area contributed by atoms with Gasteiger partial charge in [-0.1, -0.05) is 0 Å². The molecule has 1 heterocycles. The van der Waals surface area contributed by atoms with Crippen molar-refractivity contribution in [2.75, 3.05) is 18.9 Å². The highest BCUT2D eigenvalue weighted by atomic mass is 32.2. The summed E-state index contributed by atoms with van der Waals surface area (Å²) in [6, 6.07) is 2.37. The van der Waals surface area contributed by atoms with Crippen LogP contribution >= 0.6 is 0 Å². The van der Waals surface area contributed by atoms with Crippen molar-refractivity contribution in [1.82, 2.24) is 4.98 Å². The Labute approximate surface area is 155 Å². The number of methoxy groups -OCH3 is 2. The minimum absolute atomic E-state index is 0.0400. The summed E-state index contributed by atoms with van der Waals surface area (Å²) in [5.74, 6) is -0.260. The summed E-state index contributed by atoms with van der Waals surface area (Å²) in [6.07, 6.45) is -10.4. The van der Waals surface area contributed by atoms with Gasteiger partial charge in [-0.3, -0.25) is 4.72 Å². The van der Waals surface area contributed by atoms with Crippen LogP contribution in [-0.4, -0.2) is 27.6 Å². The summed E-state index contributed by atoms with van der Waals surface area (Å²) in [7, 11) is -2.44. The molecule has 0 aliphatic rings. The highest BCUT2D eigenvalue weighted by Crippen LogP contribution is 2.38. The molecule has 0 radical (unpaired) electrons. The number of pyridine rings is 1. The van der Waals surface area contributed by atoms with Crippen LogP contribution in [0.25, 0.3) is 0 Å². The Kier molecular flexibility index (Phi) is 5.69. The van der Waals surface area contributed by atoms with E-state index in [0.717, 1.165) is 13.2 Å². The highest BCUT2D eigenvalue weighted by Gasteiger charge is 2.38. The Morgan fingerprint density at radius 2 is 1.43 bits per heavy atom. The monoisotopic (exact) mass is 430 g/mol. The Bertz CT molecular complexity index is 941. The Hall–Kier alpha value is -2.70. The lowest BCUT2D eigenvalue weighted by Gasteiger charge is -2.16. The lowest BCUT2D eigenvalue weighted by Crippen LogP contribution is -2.18. The van der Waals surface area contributed by atoms with Crippen LogP contribution in [0.3, 0.4) is 0 Å². The van der Waals surface area contributed by atoms with E-state index in [1.165, 1.54) is 13.2 Å². The van der Waals surface area contributed by atoms with Crippen LogP contribution in [0.5, 0.6) is 11.8 Å². The number of nitrogens with zero attached hydrogens (tertiary/aromatic N) is 1. The molecule has 28 heavy (non-hydrogen) atoms. The van der Waals surface area contributed by atoms with E-state index in [-0.39, 0.29) is 35.6 Å². The quantitative estimate of drug-likeness (QED) is 0.728. The molecule has 154 valence electrons. The van der Waals surface area contributed by atoms with Gasteiger partial charge in [0.2, 0.25) is 11.8 Å². The zero-order valence-corrected chi connectivity index (χ0v) is 15.0. The van der Waals surface area contributed by atoms with Crippen LogP contribution < -0.4 is 14.2 Å². The van der Waals surface area contributed by atoms with E-state index in [0.29, 0.717) is 0 Å². The maximum Gasteiger partial charge on any atom is 0.416 e. The van der Waals surface area contributed by atoms with Crippen molar-refractivity contribution in [3.8, 4) is 11.8 Å². The smallest absolute Gasteiger partial charge is 0.416 e. The van der Waals surface area contributed by atoms with Crippen LogP contribution in [0.15, 0.2) is 35.2 Å². The molecule has 0 aliphatic carbocycles. The van der Waals surface area contributed by atoms with Crippen molar-refractivity contribution in [3.05, 3.63) is 41.5 Å². The lowest BCUT2D eigenvalue weighted by molar-refractivity contribution is -0.143. The van der Waals surface area contributed by atoms with E-state index in [1.807, 2.05) is 4.72 Å². The van der Waals surface area contributed by atoms with Gasteiger partial charge in [0.05, 0.1) is 30.2 Å². The van der Waals surface area contributed by atoms with Gasteiger partial charge in [-0.25, -0.2) is 8.42 Å².